The predicted molar refractivity (Wildman–Crippen MR) is 107 cm³/mol. The number of hydrogen-bond acceptors (Lipinski definition) is 4. The molecule has 1 saturated carbocycles. The van der Waals surface area contributed by atoms with Crippen molar-refractivity contribution in [3.63, 3.8) is 0 Å². The van der Waals surface area contributed by atoms with E-state index >= 15 is 0 Å². The molecule has 3 aromatic rings. The second-order valence-corrected chi connectivity index (χ2v) is 7.26. The van der Waals surface area contributed by atoms with Gasteiger partial charge in [0.25, 0.3) is 0 Å². The number of ketones is 2. The third-order valence-electron chi connectivity index (χ3n) is 5.47. The van der Waals surface area contributed by atoms with Crippen LogP contribution in [0.4, 0.5) is 0 Å². The van der Waals surface area contributed by atoms with Gasteiger partial charge in [0.05, 0.1) is 23.2 Å². The molecule has 1 aromatic carbocycles. The monoisotopic (exact) mass is 370 g/mol. The summed E-state index contributed by atoms with van der Waals surface area (Å²) < 4.78 is 0. The highest BCUT2D eigenvalue weighted by atomic mass is 16.2. The summed E-state index contributed by atoms with van der Waals surface area (Å²) in [5.74, 6) is -1.33. The van der Waals surface area contributed by atoms with Crippen LogP contribution >= 0.6 is 0 Å². The summed E-state index contributed by atoms with van der Waals surface area (Å²) in [5.41, 5.74) is 2.63. The summed E-state index contributed by atoms with van der Waals surface area (Å²) in [6.45, 7) is 0. The Hall–Kier alpha value is -3.14. The zero-order chi connectivity index (χ0) is 19.3. The Morgan fingerprint density at radius 2 is 1.43 bits per heavy atom. The number of hydrogen-bond donors (Lipinski definition) is 0. The number of benzene rings is 1. The molecule has 4 nitrogen and oxygen atoms in total. The Morgan fingerprint density at radius 1 is 0.821 bits per heavy atom. The smallest absolute Gasteiger partial charge is 0.147 e. The van der Waals surface area contributed by atoms with Crippen molar-refractivity contribution >= 4 is 11.6 Å². The Labute approximate surface area is 164 Å². The van der Waals surface area contributed by atoms with Crippen LogP contribution in [0.5, 0.6) is 0 Å². The molecule has 0 radical (unpaired) electrons. The highest BCUT2D eigenvalue weighted by Crippen LogP contribution is 2.39. The summed E-state index contributed by atoms with van der Waals surface area (Å²) >= 11 is 0. The van der Waals surface area contributed by atoms with Gasteiger partial charge in [0.2, 0.25) is 0 Å². The lowest BCUT2D eigenvalue weighted by Crippen LogP contribution is -2.27. The molecular formula is C24H22N2O2. The van der Waals surface area contributed by atoms with E-state index in [9.17, 15) is 9.59 Å². The van der Waals surface area contributed by atoms with E-state index in [0.717, 1.165) is 17.8 Å². The Kier molecular flexibility index (Phi) is 5.38. The van der Waals surface area contributed by atoms with Gasteiger partial charge in [-0.2, -0.15) is 0 Å². The first kappa shape index (κ1) is 18.2. The zero-order valence-corrected chi connectivity index (χ0v) is 15.6. The van der Waals surface area contributed by atoms with Gasteiger partial charge in [0, 0.05) is 24.7 Å². The van der Waals surface area contributed by atoms with Crippen molar-refractivity contribution in [3.8, 4) is 0 Å². The lowest BCUT2D eigenvalue weighted by Gasteiger charge is -2.21. The fraction of sp³-hybridized carbons (Fsp3) is 0.250. The molecule has 0 N–H and O–H groups in total. The van der Waals surface area contributed by atoms with Crippen LogP contribution in [0.2, 0.25) is 0 Å². The van der Waals surface area contributed by atoms with Gasteiger partial charge in [-0.05, 0) is 42.7 Å². The summed E-state index contributed by atoms with van der Waals surface area (Å²) in [6, 6.07) is 21.3. The number of rotatable bonds is 6. The van der Waals surface area contributed by atoms with Crippen molar-refractivity contribution in [3.05, 3.63) is 96.1 Å². The second-order valence-electron chi connectivity index (χ2n) is 7.26. The molecule has 0 bridgehead atoms. The van der Waals surface area contributed by atoms with E-state index in [2.05, 4.69) is 22.1 Å². The Balaban J connectivity index is 1.60. The van der Waals surface area contributed by atoms with E-state index in [1.165, 1.54) is 5.56 Å². The van der Waals surface area contributed by atoms with E-state index < -0.39 is 11.8 Å². The van der Waals surface area contributed by atoms with Gasteiger partial charge in [0.1, 0.15) is 11.6 Å². The first-order chi connectivity index (χ1) is 13.7. The number of Topliss-reactive ketones (excluding diaryl/α,β-unsaturated/α-hetero) is 2. The third-order valence-corrected chi connectivity index (χ3v) is 5.47. The minimum atomic E-state index is -0.703. The van der Waals surface area contributed by atoms with Crippen molar-refractivity contribution in [1.29, 1.82) is 0 Å². The summed E-state index contributed by atoms with van der Waals surface area (Å²) in [6.07, 6.45) is 5.20. The van der Waals surface area contributed by atoms with Crippen LogP contribution < -0.4 is 0 Å². The third kappa shape index (κ3) is 3.77. The van der Waals surface area contributed by atoms with Crippen LogP contribution in [0, 0.1) is 11.8 Å². The summed E-state index contributed by atoms with van der Waals surface area (Å²) in [7, 11) is 0. The maximum absolute atomic E-state index is 13.2. The largest absolute Gasteiger partial charge is 0.299 e. The molecule has 0 saturated heterocycles. The molecule has 28 heavy (non-hydrogen) atoms. The van der Waals surface area contributed by atoms with Gasteiger partial charge in [-0.15, -0.1) is 0 Å². The highest BCUT2D eigenvalue weighted by Gasteiger charge is 2.46. The SMILES string of the molecule is O=C1CC(CCc2ccccc2)C(=O)C1C(c1ccccn1)c1ccccn1. The van der Waals surface area contributed by atoms with E-state index in [1.807, 2.05) is 54.6 Å². The van der Waals surface area contributed by atoms with Gasteiger partial charge in [-0.25, -0.2) is 0 Å². The van der Waals surface area contributed by atoms with E-state index in [-0.39, 0.29) is 17.5 Å². The van der Waals surface area contributed by atoms with E-state index in [0.29, 0.717) is 12.8 Å². The van der Waals surface area contributed by atoms with E-state index in [1.54, 1.807) is 12.4 Å². The van der Waals surface area contributed by atoms with Gasteiger partial charge in [-0.3, -0.25) is 19.6 Å². The topological polar surface area (TPSA) is 59.9 Å². The number of nitrogens with zero attached hydrogens (tertiary/aromatic N) is 2. The molecule has 2 aromatic heterocycles. The van der Waals surface area contributed by atoms with Crippen molar-refractivity contribution in [2.24, 2.45) is 11.8 Å². The van der Waals surface area contributed by atoms with Gasteiger partial charge in [0.15, 0.2) is 0 Å². The molecule has 4 rings (SSSR count). The maximum atomic E-state index is 13.2. The van der Waals surface area contributed by atoms with Crippen LogP contribution in [0.15, 0.2) is 79.1 Å². The number of aryl methyl sites for hydroxylation is 1. The molecule has 2 heterocycles. The minimum absolute atomic E-state index is 0.00404. The zero-order valence-electron chi connectivity index (χ0n) is 15.6. The number of carbonyl (C=O) groups excluding carboxylic acids is 2. The number of carbonyl (C=O) groups is 2. The van der Waals surface area contributed by atoms with Gasteiger partial charge in [-0.1, -0.05) is 42.5 Å². The molecule has 4 heteroatoms. The standard InChI is InChI=1S/C24H22N2O2/c27-21-16-18(13-12-17-8-2-1-3-9-17)24(28)23(21)22(19-10-4-6-14-25-19)20-11-5-7-15-26-20/h1-11,14-15,18,22-23H,12-13,16H2. The normalized spacial score (nSPS) is 19.3. The molecule has 140 valence electrons. The molecular weight excluding hydrogens is 348 g/mol. The van der Waals surface area contributed by atoms with Crippen LogP contribution in [0.3, 0.4) is 0 Å². The first-order valence-corrected chi connectivity index (χ1v) is 9.66. The van der Waals surface area contributed by atoms with Crippen molar-refractivity contribution in [1.82, 2.24) is 9.97 Å². The number of aromatic nitrogens is 2. The number of pyridine rings is 2. The Morgan fingerprint density at radius 3 is 2.00 bits per heavy atom. The second kappa shape index (κ2) is 8.26. The fourth-order valence-electron chi connectivity index (χ4n) is 4.08. The molecule has 0 aliphatic heterocycles. The lowest BCUT2D eigenvalue weighted by molar-refractivity contribution is -0.128. The molecule has 1 aliphatic rings. The van der Waals surface area contributed by atoms with Gasteiger partial charge < -0.3 is 0 Å². The average molecular weight is 370 g/mol. The predicted octanol–water partition coefficient (Wildman–Crippen LogP) is 4.02. The van der Waals surface area contributed by atoms with Crippen LogP contribution in [-0.2, 0) is 16.0 Å². The van der Waals surface area contributed by atoms with Gasteiger partial charge >= 0.3 is 0 Å². The quantitative estimate of drug-likeness (QED) is 0.615. The first-order valence-electron chi connectivity index (χ1n) is 9.66. The minimum Gasteiger partial charge on any atom is -0.299 e. The van der Waals surface area contributed by atoms with E-state index in [4.69, 9.17) is 0 Å². The lowest BCUT2D eigenvalue weighted by atomic mass is 9.82. The molecule has 1 aliphatic carbocycles. The molecule has 2 unspecified atom stereocenters. The van der Waals surface area contributed by atoms with Crippen molar-refractivity contribution in [2.45, 2.75) is 25.2 Å². The van der Waals surface area contributed by atoms with Crippen molar-refractivity contribution in [2.75, 3.05) is 0 Å². The molecule has 0 spiro atoms. The molecule has 2 atom stereocenters. The molecule has 0 amide bonds. The maximum Gasteiger partial charge on any atom is 0.147 e. The fourth-order valence-corrected chi connectivity index (χ4v) is 4.08. The summed E-state index contributed by atoms with van der Waals surface area (Å²) in [5, 5.41) is 0. The average Bonchev–Trinajstić information content (AvgIpc) is 3.03. The Bertz CT molecular complexity index is 903. The summed E-state index contributed by atoms with van der Waals surface area (Å²) in [4.78, 5) is 35.1. The highest BCUT2D eigenvalue weighted by molar-refractivity contribution is 6.11. The van der Waals surface area contributed by atoms with Crippen LogP contribution in [-0.4, -0.2) is 21.5 Å². The van der Waals surface area contributed by atoms with Crippen LogP contribution in [0.25, 0.3) is 0 Å². The van der Waals surface area contributed by atoms with Crippen molar-refractivity contribution < 1.29 is 9.59 Å². The molecule has 1 fully saturated rings. The van der Waals surface area contributed by atoms with Crippen LogP contribution in [0.1, 0.15) is 35.7 Å².